The van der Waals surface area contributed by atoms with Crippen LogP contribution in [0.15, 0.2) is 0 Å². The maximum Gasteiger partial charge on any atom is 0.329 e. The molecule has 0 saturated carbocycles. The number of ether oxygens (including phenoxy) is 4. The number of esters is 2. The molecule has 0 spiro atoms. The van der Waals surface area contributed by atoms with Crippen LogP contribution in [-0.4, -0.2) is 104 Å². The molecule has 0 aliphatic heterocycles. The average molecular weight is 801 g/mol. The highest BCUT2D eigenvalue weighted by atomic mass is 16.6. The van der Waals surface area contributed by atoms with Gasteiger partial charge in [0, 0.05) is 38.9 Å². The zero-order chi connectivity index (χ0) is 42.1. The lowest BCUT2D eigenvalue weighted by molar-refractivity contribution is -0.159. The van der Waals surface area contributed by atoms with Crippen LogP contribution in [0.2, 0.25) is 0 Å². The van der Waals surface area contributed by atoms with Gasteiger partial charge in [0.15, 0.2) is 0 Å². The molecular formula is C41H76N4O11. The first-order chi connectivity index (χ1) is 26.5. The Hall–Kier alpha value is -3.46. The van der Waals surface area contributed by atoms with Gasteiger partial charge in [-0.15, -0.1) is 0 Å². The Morgan fingerprint density at radius 3 is 1.54 bits per heavy atom. The minimum Gasteiger partial charge on any atom is -0.480 e. The predicted octanol–water partition coefficient (Wildman–Crippen LogP) is 6.10. The van der Waals surface area contributed by atoms with E-state index in [-0.39, 0.29) is 69.6 Å². The Morgan fingerprint density at radius 1 is 0.518 bits per heavy atom. The number of aliphatic carboxylic acids is 1. The summed E-state index contributed by atoms with van der Waals surface area (Å²) in [7, 11) is 0. The lowest BCUT2D eigenvalue weighted by Crippen LogP contribution is -2.44. The monoisotopic (exact) mass is 801 g/mol. The van der Waals surface area contributed by atoms with Gasteiger partial charge in [-0.05, 0) is 67.2 Å². The standard InChI is InChI=1S/C41H76N4O11/c1-40(2,3)55-37(50)23-20-18-16-14-12-10-8-7-9-11-13-15-17-19-22-35(47)45-33(38(51)56-41(4,5)6)24-25-34(46)42-26-21-27-43-39(52)44-28-29-53-30-31-54-32-36(48)49/h33H,7-32H2,1-6H3,(H,42,46)(H,45,47)(H,48,49)(H2,43,44,52)/t33-/m0/s1. The fourth-order valence-electron chi connectivity index (χ4n) is 5.52. The summed E-state index contributed by atoms with van der Waals surface area (Å²) in [5, 5.41) is 19.3. The summed E-state index contributed by atoms with van der Waals surface area (Å²) in [5.74, 6) is -2.22. The fourth-order valence-corrected chi connectivity index (χ4v) is 5.52. The van der Waals surface area contributed by atoms with Gasteiger partial charge >= 0.3 is 23.9 Å². The molecule has 15 heteroatoms. The van der Waals surface area contributed by atoms with Gasteiger partial charge in [0.05, 0.1) is 19.8 Å². The molecule has 0 radical (unpaired) electrons. The highest BCUT2D eigenvalue weighted by Crippen LogP contribution is 2.16. The zero-order valence-corrected chi connectivity index (χ0v) is 35.5. The van der Waals surface area contributed by atoms with E-state index in [1.165, 1.54) is 51.4 Å². The molecule has 0 unspecified atom stereocenters. The van der Waals surface area contributed by atoms with Gasteiger partial charge in [-0.3, -0.25) is 14.4 Å². The largest absolute Gasteiger partial charge is 0.480 e. The average Bonchev–Trinajstić information content (AvgIpc) is 3.09. The summed E-state index contributed by atoms with van der Waals surface area (Å²) in [6, 6.07) is -1.31. The van der Waals surface area contributed by atoms with Gasteiger partial charge < -0.3 is 45.3 Å². The molecule has 15 nitrogen and oxygen atoms in total. The molecule has 0 fully saturated rings. The zero-order valence-electron chi connectivity index (χ0n) is 35.5. The number of carbonyl (C=O) groups is 6. The maximum absolute atomic E-state index is 12.9. The fraction of sp³-hybridized carbons (Fsp3) is 0.854. The van der Waals surface area contributed by atoms with Crippen molar-refractivity contribution in [2.45, 2.75) is 181 Å². The number of rotatable bonds is 34. The van der Waals surface area contributed by atoms with E-state index in [1.807, 2.05) is 20.8 Å². The lowest BCUT2D eigenvalue weighted by atomic mass is 10.0. The SMILES string of the molecule is CC(C)(C)OC(=O)CCCCCCCCCCCCCCCCC(=O)N[C@@H](CCC(=O)NCCCNC(=O)NCCOCCOCC(=O)O)C(=O)OC(C)(C)C. The molecule has 56 heavy (non-hydrogen) atoms. The summed E-state index contributed by atoms with van der Waals surface area (Å²) in [6.45, 7) is 12.1. The first-order valence-corrected chi connectivity index (χ1v) is 20.9. The molecule has 1 atom stereocenters. The minimum atomic E-state index is -1.05. The normalized spacial score (nSPS) is 12.0. The number of carboxylic acid groups (broad SMARTS) is 1. The van der Waals surface area contributed by atoms with Crippen LogP contribution in [0, 0.1) is 0 Å². The third-order valence-electron chi connectivity index (χ3n) is 8.23. The highest BCUT2D eigenvalue weighted by molar-refractivity contribution is 5.85. The van der Waals surface area contributed by atoms with Crippen LogP contribution in [0.5, 0.6) is 0 Å². The van der Waals surface area contributed by atoms with E-state index in [0.29, 0.717) is 32.4 Å². The van der Waals surface area contributed by atoms with Gasteiger partial charge in [0.1, 0.15) is 23.9 Å². The van der Waals surface area contributed by atoms with Crippen molar-refractivity contribution in [3.8, 4) is 0 Å². The van der Waals surface area contributed by atoms with E-state index in [4.69, 9.17) is 24.1 Å². The summed E-state index contributed by atoms with van der Waals surface area (Å²) >= 11 is 0. The Morgan fingerprint density at radius 2 is 1.00 bits per heavy atom. The molecule has 0 aromatic rings. The van der Waals surface area contributed by atoms with E-state index >= 15 is 0 Å². The topological polar surface area (TPSA) is 208 Å². The van der Waals surface area contributed by atoms with Crippen LogP contribution >= 0.6 is 0 Å². The molecule has 0 aliphatic rings. The molecule has 0 bridgehead atoms. The first-order valence-electron chi connectivity index (χ1n) is 20.9. The van der Waals surface area contributed by atoms with Crippen molar-refractivity contribution < 1.29 is 52.8 Å². The molecule has 5 N–H and O–H groups in total. The second kappa shape index (κ2) is 32.6. The van der Waals surface area contributed by atoms with Gasteiger partial charge in [0.2, 0.25) is 11.8 Å². The van der Waals surface area contributed by atoms with Crippen LogP contribution < -0.4 is 21.3 Å². The lowest BCUT2D eigenvalue weighted by Gasteiger charge is -2.24. The summed E-state index contributed by atoms with van der Waals surface area (Å²) in [5.41, 5.74) is -1.14. The van der Waals surface area contributed by atoms with Crippen molar-refractivity contribution in [3.05, 3.63) is 0 Å². The van der Waals surface area contributed by atoms with Crippen molar-refractivity contribution in [1.82, 2.24) is 21.3 Å². The Kier molecular flexibility index (Phi) is 30.6. The van der Waals surface area contributed by atoms with Crippen molar-refractivity contribution in [3.63, 3.8) is 0 Å². The van der Waals surface area contributed by atoms with E-state index in [0.717, 1.165) is 38.5 Å². The molecule has 0 rings (SSSR count). The number of carboxylic acids is 1. The van der Waals surface area contributed by atoms with Gasteiger partial charge in [-0.25, -0.2) is 14.4 Å². The summed E-state index contributed by atoms with van der Waals surface area (Å²) in [4.78, 5) is 72.0. The number of carbonyl (C=O) groups excluding carboxylic acids is 5. The van der Waals surface area contributed by atoms with E-state index < -0.39 is 29.2 Å². The van der Waals surface area contributed by atoms with Crippen molar-refractivity contribution in [1.29, 1.82) is 0 Å². The van der Waals surface area contributed by atoms with Gasteiger partial charge in [0.25, 0.3) is 0 Å². The predicted molar refractivity (Wildman–Crippen MR) is 215 cm³/mol. The van der Waals surface area contributed by atoms with Crippen molar-refractivity contribution in [2.24, 2.45) is 0 Å². The second-order valence-corrected chi connectivity index (χ2v) is 16.2. The Bertz CT molecular complexity index is 1110. The smallest absolute Gasteiger partial charge is 0.329 e. The number of nitrogens with one attached hydrogen (secondary N) is 4. The van der Waals surface area contributed by atoms with Crippen LogP contribution in [0.1, 0.15) is 164 Å². The third kappa shape index (κ3) is 37.5. The first kappa shape index (κ1) is 52.5. The molecule has 0 aromatic carbocycles. The van der Waals surface area contributed by atoms with Crippen LogP contribution in [-0.2, 0) is 42.9 Å². The second-order valence-electron chi connectivity index (χ2n) is 16.2. The van der Waals surface area contributed by atoms with E-state index in [9.17, 15) is 28.8 Å². The number of amides is 4. The molecule has 4 amide bonds. The summed E-state index contributed by atoms with van der Waals surface area (Å²) < 4.78 is 20.9. The van der Waals surface area contributed by atoms with Crippen LogP contribution in [0.4, 0.5) is 4.79 Å². The number of hydrogen-bond donors (Lipinski definition) is 5. The molecule has 0 saturated heterocycles. The number of unbranched alkanes of at least 4 members (excludes halogenated alkanes) is 13. The summed E-state index contributed by atoms with van der Waals surface area (Å²) in [6.07, 6.45) is 17.1. The number of urea groups is 1. The van der Waals surface area contributed by atoms with E-state index in [2.05, 4.69) is 21.3 Å². The molecule has 0 aliphatic carbocycles. The molecule has 326 valence electrons. The van der Waals surface area contributed by atoms with Crippen LogP contribution in [0.3, 0.4) is 0 Å². The number of hydrogen-bond acceptors (Lipinski definition) is 10. The molecule has 0 heterocycles. The highest BCUT2D eigenvalue weighted by Gasteiger charge is 2.27. The maximum atomic E-state index is 12.9. The third-order valence-corrected chi connectivity index (χ3v) is 8.23. The molecule has 0 aromatic heterocycles. The van der Waals surface area contributed by atoms with Gasteiger partial charge in [-0.1, -0.05) is 77.0 Å². The van der Waals surface area contributed by atoms with Crippen LogP contribution in [0.25, 0.3) is 0 Å². The van der Waals surface area contributed by atoms with Gasteiger partial charge in [-0.2, -0.15) is 0 Å². The Labute approximate surface area is 336 Å². The quantitative estimate of drug-likeness (QED) is 0.0371. The molecular weight excluding hydrogens is 724 g/mol. The van der Waals surface area contributed by atoms with E-state index in [1.54, 1.807) is 20.8 Å². The van der Waals surface area contributed by atoms with Crippen molar-refractivity contribution >= 4 is 35.8 Å². The Balaban J connectivity index is 4.05. The minimum absolute atomic E-state index is 0.0246. The van der Waals surface area contributed by atoms with Crippen molar-refractivity contribution in [2.75, 3.05) is 46.1 Å².